The fourth-order valence-electron chi connectivity index (χ4n) is 1.62. The van der Waals surface area contributed by atoms with Gasteiger partial charge >= 0.3 is 5.97 Å². The Hall–Kier alpha value is -2.18. The van der Waals surface area contributed by atoms with E-state index >= 15 is 0 Å². The molecule has 1 N–H and O–H groups in total. The van der Waals surface area contributed by atoms with Gasteiger partial charge in [0.05, 0.1) is 11.9 Å². The number of nitrogens with zero attached hydrogens (tertiary/aromatic N) is 5. The van der Waals surface area contributed by atoms with Crippen LogP contribution in [0.4, 0.5) is 0 Å². The molecule has 2 aromatic heterocycles. The number of aromatic nitrogens is 5. The van der Waals surface area contributed by atoms with Gasteiger partial charge in [-0.05, 0) is 13.8 Å². The van der Waals surface area contributed by atoms with E-state index in [0.717, 1.165) is 12.4 Å². The van der Waals surface area contributed by atoms with Gasteiger partial charge in [-0.1, -0.05) is 0 Å². The van der Waals surface area contributed by atoms with E-state index in [9.17, 15) is 4.79 Å². The van der Waals surface area contributed by atoms with Crippen molar-refractivity contribution in [3.05, 3.63) is 29.6 Å². The van der Waals surface area contributed by atoms with Crippen LogP contribution >= 0.6 is 0 Å². The molecule has 7 heteroatoms. The first-order valence-corrected chi connectivity index (χ1v) is 5.25. The molecule has 0 atom stereocenters. The van der Waals surface area contributed by atoms with E-state index < -0.39 is 5.97 Å². The summed E-state index contributed by atoms with van der Waals surface area (Å²) < 4.78 is 3.36. The van der Waals surface area contributed by atoms with Gasteiger partial charge in [-0.15, -0.1) is 0 Å². The number of hydrogen-bond donors (Lipinski definition) is 1. The van der Waals surface area contributed by atoms with Crippen LogP contribution in [-0.4, -0.2) is 35.6 Å². The second-order valence-corrected chi connectivity index (χ2v) is 3.60. The molecule has 0 radical (unpaired) electrons. The average Bonchev–Trinajstić information content (AvgIpc) is 2.87. The van der Waals surface area contributed by atoms with Gasteiger partial charge in [-0.2, -0.15) is 10.2 Å². The fraction of sp³-hybridized carbons (Fsp3) is 0.400. The topological polar surface area (TPSA) is 85.8 Å². The van der Waals surface area contributed by atoms with Gasteiger partial charge in [-0.25, -0.2) is 14.5 Å². The summed E-state index contributed by atoms with van der Waals surface area (Å²) in [7, 11) is 0. The van der Waals surface area contributed by atoms with Crippen LogP contribution in [-0.2, 0) is 13.1 Å². The van der Waals surface area contributed by atoms with Crippen molar-refractivity contribution in [2.45, 2.75) is 26.9 Å². The Morgan fingerprint density at radius 3 is 2.76 bits per heavy atom. The molecule has 2 rings (SSSR count). The summed E-state index contributed by atoms with van der Waals surface area (Å²) in [5.41, 5.74) is 0.829. The fourth-order valence-corrected chi connectivity index (χ4v) is 1.62. The van der Waals surface area contributed by atoms with Crippen LogP contribution in [0.1, 0.15) is 28.8 Å². The van der Waals surface area contributed by atoms with E-state index in [-0.39, 0.29) is 5.56 Å². The molecule has 2 aromatic rings. The molecule has 0 unspecified atom stereocenters. The molecule has 7 nitrogen and oxygen atoms in total. The summed E-state index contributed by atoms with van der Waals surface area (Å²) in [6.07, 6.45) is 2.83. The summed E-state index contributed by atoms with van der Waals surface area (Å²) in [5, 5.41) is 17.0. The number of carboxylic acid groups (broad SMARTS) is 1. The maximum Gasteiger partial charge on any atom is 0.339 e. The first kappa shape index (κ1) is 11.3. The van der Waals surface area contributed by atoms with Crippen LogP contribution < -0.4 is 0 Å². The molecule has 0 aromatic carbocycles. The summed E-state index contributed by atoms with van der Waals surface area (Å²) >= 11 is 0. The molecule has 0 aliphatic rings. The van der Waals surface area contributed by atoms with E-state index in [1.165, 1.54) is 12.5 Å². The Morgan fingerprint density at radius 1 is 1.41 bits per heavy atom. The molecule has 90 valence electrons. The van der Waals surface area contributed by atoms with Crippen LogP contribution in [0.15, 0.2) is 12.5 Å². The smallest absolute Gasteiger partial charge is 0.339 e. The highest BCUT2D eigenvalue weighted by Gasteiger charge is 2.14. The first-order valence-electron chi connectivity index (χ1n) is 5.25. The van der Waals surface area contributed by atoms with Gasteiger partial charge in [0.2, 0.25) is 0 Å². The molecule has 0 fully saturated rings. The largest absolute Gasteiger partial charge is 0.478 e. The zero-order chi connectivity index (χ0) is 12.4. The van der Waals surface area contributed by atoms with Gasteiger partial charge in [-0.3, -0.25) is 4.68 Å². The van der Waals surface area contributed by atoms with Crippen LogP contribution in [0.25, 0.3) is 0 Å². The Balaban J connectivity index is 2.28. The highest BCUT2D eigenvalue weighted by atomic mass is 16.4. The van der Waals surface area contributed by atoms with E-state index in [1.54, 1.807) is 16.3 Å². The van der Waals surface area contributed by atoms with Gasteiger partial charge in [0.15, 0.2) is 0 Å². The van der Waals surface area contributed by atoms with Crippen molar-refractivity contribution < 1.29 is 9.90 Å². The number of hydrogen-bond acceptors (Lipinski definition) is 4. The lowest BCUT2D eigenvalue weighted by atomic mass is 10.3. The summed E-state index contributed by atoms with van der Waals surface area (Å²) in [4.78, 5) is 15.0. The lowest BCUT2D eigenvalue weighted by molar-refractivity contribution is 0.0696. The molecular formula is C10H13N5O2. The van der Waals surface area contributed by atoms with Gasteiger partial charge in [0.1, 0.15) is 24.3 Å². The standard InChI is InChI=1S/C10H13N5O2/c1-3-14-9(11-6-13-14)5-15-7(2)8(4-12-15)10(16)17/h4,6H,3,5H2,1-2H3,(H,16,17). The zero-order valence-electron chi connectivity index (χ0n) is 9.66. The molecule has 0 amide bonds. The number of carboxylic acids is 1. The molecule has 0 spiro atoms. The molecule has 0 saturated carbocycles. The van der Waals surface area contributed by atoms with E-state index in [0.29, 0.717) is 12.2 Å². The Bertz CT molecular complexity index is 543. The third-order valence-corrected chi connectivity index (χ3v) is 2.62. The number of aryl methyl sites for hydroxylation is 1. The minimum atomic E-state index is -0.967. The van der Waals surface area contributed by atoms with Crippen molar-refractivity contribution in [1.29, 1.82) is 0 Å². The van der Waals surface area contributed by atoms with Crippen molar-refractivity contribution >= 4 is 5.97 Å². The van der Waals surface area contributed by atoms with Crippen molar-refractivity contribution in [2.24, 2.45) is 0 Å². The Kier molecular flexibility index (Phi) is 2.90. The molecule has 0 aliphatic carbocycles. The lowest BCUT2D eigenvalue weighted by Crippen LogP contribution is -2.11. The lowest BCUT2D eigenvalue weighted by Gasteiger charge is -2.05. The quantitative estimate of drug-likeness (QED) is 0.836. The van der Waals surface area contributed by atoms with Crippen molar-refractivity contribution in [2.75, 3.05) is 0 Å². The second-order valence-electron chi connectivity index (χ2n) is 3.60. The molecule has 0 bridgehead atoms. The molecule has 0 aliphatic heterocycles. The van der Waals surface area contributed by atoms with Crippen LogP contribution in [0, 0.1) is 6.92 Å². The van der Waals surface area contributed by atoms with Crippen LogP contribution in [0.3, 0.4) is 0 Å². The Morgan fingerprint density at radius 2 is 2.18 bits per heavy atom. The maximum atomic E-state index is 10.9. The highest BCUT2D eigenvalue weighted by molar-refractivity contribution is 5.88. The molecule has 0 saturated heterocycles. The minimum Gasteiger partial charge on any atom is -0.478 e. The maximum absolute atomic E-state index is 10.9. The third kappa shape index (κ3) is 2.03. The zero-order valence-corrected chi connectivity index (χ0v) is 9.66. The van der Waals surface area contributed by atoms with Crippen LogP contribution in [0.2, 0.25) is 0 Å². The number of rotatable bonds is 4. The van der Waals surface area contributed by atoms with Crippen molar-refractivity contribution in [1.82, 2.24) is 24.5 Å². The number of aromatic carboxylic acids is 1. The van der Waals surface area contributed by atoms with E-state index in [2.05, 4.69) is 15.2 Å². The second kappa shape index (κ2) is 4.36. The van der Waals surface area contributed by atoms with Gasteiger partial charge < -0.3 is 5.11 Å². The minimum absolute atomic E-state index is 0.215. The number of carbonyl (C=O) groups is 1. The predicted molar refractivity (Wildman–Crippen MR) is 58.7 cm³/mol. The molecule has 2 heterocycles. The molecular weight excluding hydrogens is 222 g/mol. The summed E-state index contributed by atoms with van der Waals surface area (Å²) in [5.74, 6) is -0.207. The predicted octanol–water partition coefficient (Wildman–Crippen LogP) is 0.549. The summed E-state index contributed by atoms with van der Waals surface area (Å²) in [6, 6.07) is 0. The van der Waals surface area contributed by atoms with Crippen molar-refractivity contribution in [3.8, 4) is 0 Å². The van der Waals surface area contributed by atoms with E-state index in [1.807, 2.05) is 6.92 Å². The Labute approximate surface area is 97.7 Å². The third-order valence-electron chi connectivity index (χ3n) is 2.62. The van der Waals surface area contributed by atoms with Crippen LogP contribution in [0.5, 0.6) is 0 Å². The highest BCUT2D eigenvalue weighted by Crippen LogP contribution is 2.08. The molecule has 17 heavy (non-hydrogen) atoms. The normalized spacial score (nSPS) is 10.7. The monoisotopic (exact) mass is 235 g/mol. The summed E-state index contributed by atoms with van der Waals surface area (Å²) in [6.45, 7) is 4.84. The van der Waals surface area contributed by atoms with Crippen molar-refractivity contribution in [3.63, 3.8) is 0 Å². The first-order chi connectivity index (χ1) is 8.13. The SMILES string of the molecule is CCn1ncnc1Cn1ncc(C(=O)O)c1C. The average molecular weight is 235 g/mol. The van der Waals surface area contributed by atoms with Gasteiger partial charge in [0, 0.05) is 6.54 Å². The van der Waals surface area contributed by atoms with E-state index in [4.69, 9.17) is 5.11 Å². The van der Waals surface area contributed by atoms with Gasteiger partial charge in [0.25, 0.3) is 0 Å².